The van der Waals surface area contributed by atoms with Gasteiger partial charge >= 0.3 is 11.8 Å². The first-order valence-corrected chi connectivity index (χ1v) is 22.8. The number of carbonyl (C=O) groups is 4. The molecule has 1 N–H and O–H groups in total. The number of unbranched alkanes of at least 4 members (excludes halogenated alkanes) is 13. The fourth-order valence-electron chi connectivity index (χ4n) is 7.74. The van der Waals surface area contributed by atoms with Crippen LogP contribution in [0.4, 0.5) is 10.5 Å². The molecule has 1 atom stereocenters. The van der Waals surface area contributed by atoms with E-state index < -0.39 is 50.9 Å². The van der Waals surface area contributed by atoms with E-state index in [1.54, 1.807) is 12.1 Å². The maximum Gasteiger partial charge on any atom is 0.418 e. The number of sulfone groups is 1. The number of rotatable bonds is 22. The molecule has 59 heavy (non-hydrogen) atoms. The number of hydrogen-bond acceptors (Lipinski definition) is 8. The number of benzene rings is 3. The first-order chi connectivity index (χ1) is 28.1. The van der Waals surface area contributed by atoms with Crippen molar-refractivity contribution in [1.29, 1.82) is 0 Å². The van der Waals surface area contributed by atoms with Crippen molar-refractivity contribution in [2.24, 2.45) is 14.1 Å². The number of imidazole rings is 1. The standard InChI is InChI=1S/C45H57ClN4O8S/c1-6-7-8-9-10-11-12-13-14-15-16-17-18-21-29-59(56,57)32-27-28-36(35(46)30-32)47-41(52)39(50-42(53)45(2,3)58-44(50)55)40(51)38-37(48(4)43(54)49(38)5)34-26-22-24-31-23-19-20-25-33(31)34/h19-20,22-28,30,39H,6-18,21,29H2,1-5H3,(H,47,52). The predicted octanol–water partition coefficient (Wildman–Crippen LogP) is 9.40. The highest BCUT2D eigenvalue weighted by atomic mass is 35.5. The normalized spacial score (nSPS) is 14.5. The van der Waals surface area contributed by atoms with Crippen molar-refractivity contribution in [3.05, 3.63) is 81.9 Å². The first-order valence-electron chi connectivity index (χ1n) is 20.8. The Balaban J connectivity index is 1.29. The molecule has 3 aromatic carbocycles. The van der Waals surface area contributed by atoms with Gasteiger partial charge in [0, 0.05) is 19.7 Å². The number of anilines is 1. The molecule has 1 aliphatic rings. The molecular weight excluding hydrogens is 792 g/mol. The number of aromatic nitrogens is 2. The molecule has 3 amide bonds. The Bertz CT molecular complexity index is 2340. The number of carbonyl (C=O) groups excluding carboxylic acids is 4. The average molecular weight is 849 g/mol. The second-order valence-corrected chi connectivity index (χ2v) is 18.5. The molecule has 1 aliphatic heterocycles. The molecule has 14 heteroatoms. The minimum absolute atomic E-state index is 0.0260. The van der Waals surface area contributed by atoms with Crippen molar-refractivity contribution in [2.75, 3.05) is 11.1 Å². The summed E-state index contributed by atoms with van der Waals surface area (Å²) in [5.74, 6) is -3.16. The van der Waals surface area contributed by atoms with Gasteiger partial charge in [0.15, 0.2) is 21.5 Å². The van der Waals surface area contributed by atoms with Crippen LogP contribution in [0.2, 0.25) is 5.02 Å². The van der Waals surface area contributed by atoms with E-state index in [0.29, 0.717) is 16.9 Å². The van der Waals surface area contributed by atoms with E-state index in [1.165, 1.54) is 108 Å². The van der Waals surface area contributed by atoms with E-state index in [0.717, 1.165) is 41.0 Å². The van der Waals surface area contributed by atoms with Gasteiger partial charge in [0.1, 0.15) is 5.69 Å². The highest BCUT2D eigenvalue weighted by Gasteiger charge is 2.54. The number of nitrogens with one attached hydrogen (secondary N) is 1. The Morgan fingerprint density at radius 1 is 0.780 bits per heavy atom. The van der Waals surface area contributed by atoms with E-state index in [2.05, 4.69) is 12.2 Å². The van der Waals surface area contributed by atoms with Crippen molar-refractivity contribution in [3.8, 4) is 11.3 Å². The van der Waals surface area contributed by atoms with Crippen LogP contribution in [0.5, 0.6) is 0 Å². The minimum Gasteiger partial charge on any atom is -0.433 e. The monoisotopic (exact) mass is 848 g/mol. The van der Waals surface area contributed by atoms with E-state index in [9.17, 15) is 32.4 Å². The quantitative estimate of drug-likeness (QED) is 0.0466. The Kier molecular flexibility index (Phi) is 15.4. The number of ketones is 1. The summed E-state index contributed by atoms with van der Waals surface area (Å²) >= 11 is 6.56. The van der Waals surface area contributed by atoms with Crippen LogP contribution in [-0.4, -0.2) is 63.5 Å². The summed E-state index contributed by atoms with van der Waals surface area (Å²) in [7, 11) is -0.857. The zero-order valence-electron chi connectivity index (χ0n) is 34.9. The van der Waals surface area contributed by atoms with Crippen molar-refractivity contribution >= 4 is 61.6 Å². The third kappa shape index (κ3) is 10.5. The van der Waals surface area contributed by atoms with Crippen LogP contribution in [-0.2, 0) is 38.3 Å². The molecule has 1 saturated heterocycles. The van der Waals surface area contributed by atoms with Gasteiger partial charge in [0.25, 0.3) is 11.8 Å². The molecule has 1 unspecified atom stereocenters. The van der Waals surface area contributed by atoms with E-state index >= 15 is 0 Å². The molecule has 12 nitrogen and oxygen atoms in total. The van der Waals surface area contributed by atoms with Gasteiger partial charge in [-0.15, -0.1) is 0 Å². The lowest BCUT2D eigenvalue weighted by Gasteiger charge is -2.24. The Morgan fingerprint density at radius 3 is 1.93 bits per heavy atom. The van der Waals surface area contributed by atoms with Crippen LogP contribution in [0.1, 0.15) is 121 Å². The predicted molar refractivity (Wildman–Crippen MR) is 232 cm³/mol. The second-order valence-electron chi connectivity index (χ2n) is 16.0. The number of hydrogen-bond donors (Lipinski definition) is 1. The van der Waals surface area contributed by atoms with E-state index in [4.69, 9.17) is 16.3 Å². The fraction of sp³-hybridized carbons (Fsp3) is 0.489. The van der Waals surface area contributed by atoms with Gasteiger partial charge in [-0.3, -0.25) is 23.5 Å². The highest BCUT2D eigenvalue weighted by Crippen LogP contribution is 2.34. The van der Waals surface area contributed by atoms with Gasteiger partial charge in [0.2, 0.25) is 5.78 Å². The number of nitrogens with zero attached hydrogens (tertiary/aromatic N) is 3. The molecule has 0 radical (unpaired) electrons. The van der Waals surface area contributed by atoms with Gasteiger partial charge in [-0.2, -0.15) is 0 Å². The third-order valence-electron chi connectivity index (χ3n) is 11.1. The van der Waals surface area contributed by atoms with Crippen LogP contribution in [0.25, 0.3) is 22.0 Å². The number of halogens is 1. The lowest BCUT2D eigenvalue weighted by atomic mass is 9.97. The summed E-state index contributed by atoms with van der Waals surface area (Å²) < 4.78 is 34.2. The van der Waals surface area contributed by atoms with E-state index in [1.807, 2.05) is 30.3 Å². The van der Waals surface area contributed by atoms with Crippen molar-refractivity contribution in [1.82, 2.24) is 14.0 Å². The van der Waals surface area contributed by atoms with Gasteiger partial charge in [-0.25, -0.2) is 22.9 Å². The molecule has 1 aromatic heterocycles. The number of Topliss-reactive ketones (excluding diaryl/α,β-unsaturated/α-hetero) is 1. The summed E-state index contributed by atoms with van der Waals surface area (Å²) in [4.78, 5) is 69.8. The molecule has 5 rings (SSSR count). The molecule has 0 aliphatic carbocycles. The van der Waals surface area contributed by atoms with Crippen molar-refractivity contribution in [3.63, 3.8) is 0 Å². The third-order valence-corrected chi connectivity index (χ3v) is 13.2. The topological polar surface area (TPSA) is 154 Å². The summed E-state index contributed by atoms with van der Waals surface area (Å²) in [5.41, 5.74) is -1.88. The fourth-order valence-corrected chi connectivity index (χ4v) is 9.43. The molecule has 1 fully saturated rings. The summed E-state index contributed by atoms with van der Waals surface area (Å²) in [5, 5.41) is 3.94. The van der Waals surface area contributed by atoms with Crippen LogP contribution in [0, 0.1) is 0 Å². The lowest BCUT2D eigenvalue weighted by molar-refractivity contribution is -0.137. The zero-order valence-corrected chi connectivity index (χ0v) is 36.4. The van der Waals surface area contributed by atoms with Crippen molar-refractivity contribution in [2.45, 2.75) is 127 Å². The number of fused-ring (bicyclic) bond motifs is 1. The molecule has 2 heterocycles. The van der Waals surface area contributed by atoms with Crippen LogP contribution >= 0.6 is 11.6 Å². The molecular formula is C45H57ClN4O8S. The van der Waals surface area contributed by atoms with Gasteiger partial charge in [0.05, 0.1) is 27.1 Å². The number of imide groups is 1. The van der Waals surface area contributed by atoms with Gasteiger partial charge < -0.3 is 10.1 Å². The lowest BCUT2D eigenvalue weighted by Crippen LogP contribution is -2.53. The summed E-state index contributed by atoms with van der Waals surface area (Å²) in [6.45, 7) is 4.90. The van der Waals surface area contributed by atoms with E-state index in [-0.39, 0.29) is 32.7 Å². The first kappa shape index (κ1) is 45.3. The smallest absolute Gasteiger partial charge is 0.418 e. The Labute approximate surface area is 352 Å². The maximum absolute atomic E-state index is 14.8. The SMILES string of the molecule is CCCCCCCCCCCCCCCCS(=O)(=O)c1ccc(NC(=O)C(C(=O)c2c(-c3cccc4ccccc34)n(C)c(=O)n2C)N2C(=O)OC(C)(C)C2=O)c(Cl)c1. The minimum atomic E-state index is -3.70. The van der Waals surface area contributed by atoms with Gasteiger partial charge in [-0.05, 0) is 49.2 Å². The Morgan fingerprint density at radius 2 is 1.36 bits per heavy atom. The molecule has 4 aromatic rings. The summed E-state index contributed by atoms with van der Waals surface area (Å²) in [6, 6.07) is 14.4. The number of amides is 3. The molecule has 0 bridgehead atoms. The van der Waals surface area contributed by atoms with Crippen LogP contribution < -0.4 is 11.0 Å². The maximum atomic E-state index is 14.8. The zero-order chi connectivity index (χ0) is 42.9. The molecule has 0 saturated carbocycles. The largest absolute Gasteiger partial charge is 0.433 e. The number of cyclic esters (lactones) is 1. The molecule has 318 valence electrons. The van der Waals surface area contributed by atoms with Crippen LogP contribution in [0.15, 0.2) is 70.4 Å². The van der Waals surface area contributed by atoms with Gasteiger partial charge in [-0.1, -0.05) is 144 Å². The Hall–Kier alpha value is -4.75. The average Bonchev–Trinajstić information content (AvgIpc) is 3.55. The number of ether oxygens (including phenoxy) is 1. The van der Waals surface area contributed by atoms with Crippen molar-refractivity contribution < 1.29 is 32.3 Å². The highest BCUT2D eigenvalue weighted by molar-refractivity contribution is 7.91. The molecule has 0 spiro atoms. The van der Waals surface area contributed by atoms with Crippen LogP contribution in [0.3, 0.4) is 0 Å². The second kappa shape index (κ2) is 20.0. The summed E-state index contributed by atoms with van der Waals surface area (Å²) in [6.07, 6.45) is 14.9.